The number of nitrogens with one attached hydrogen (secondary N) is 1. The third kappa shape index (κ3) is 1.32. The van der Waals surface area contributed by atoms with Gasteiger partial charge in [-0.15, -0.1) is 0 Å². The predicted octanol–water partition coefficient (Wildman–Crippen LogP) is 1.29. The highest BCUT2D eigenvalue weighted by Gasteiger charge is 2.36. The molecule has 1 heterocycles. The van der Waals surface area contributed by atoms with Gasteiger partial charge in [-0.3, -0.25) is 0 Å². The van der Waals surface area contributed by atoms with Gasteiger partial charge >= 0.3 is 0 Å². The number of ether oxygens (including phenoxy) is 1. The fourth-order valence-corrected chi connectivity index (χ4v) is 1.05. The molecule has 1 aliphatic heterocycles. The van der Waals surface area contributed by atoms with E-state index in [-0.39, 0.29) is 0 Å². The largest absolute Gasteiger partial charge is 0.392 e. The molecule has 1 fully saturated rings. The molecule has 1 rings (SSSR count). The molecule has 0 radical (unpaired) electrons. The van der Waals surface area contributed by atoms with E-state index < -0.39 is 0 Å². The smallest absolute Gasteiger partial charge is 0.107 e. The lowest BCUT2D eigenvalue weighted by atomic mass is 10.1. The van der Waals surface area contributed by atoms with Crippen molar-refractivity contribution in [2.75, 3.05) is 7.05 Å². The Morgan fingerprint density at radius 3 is 2.20 bits per heavy atom. The molecule has 2 nitrogen and oxygen atoms in total. The zero-order valence-corrected chi connectivity index (χ0v) is 7.06. The van der Waals surface area contributed by atoms with Gasteiger partial charge < -0.3 is 10.1 Å². The number of rotatable bonds is 2. The maximum atomic E-state index is 5.30. The van der Waals surface area contributed by atoms with Crippen molar-refractivity contribution in [1.29, 1.82) is 0 Å². The molecule has 1 aliphatic rings. The Morgan fingerprint density at radius 2 is 1.90 bits per heavy atom. The fourth-order valence-electron chi connectivity index (χ4n) is 1.05. The van der Waals surface area contributed by atoms with Crippen LogP contribution < -0.4 is 5.32 Å². The summed E-state index contributed by atoms with van der Waals surface area (Å²) in [6.45, 7) is 6.28. The number of allylic oxidation sites excluding steroid dienone is 1. The molecule has 0 aromatic rings. The standard InChI is InChI=1S/C8H15NO/c1-5(6(2)9-4)8-7(3)10-8/h7-9H,1-4H3/b6-5+. The van der Waals surface area contributed by atoms with Gasteiger partial charge in [0, 0.05) is 12.7 Å². The molecule has 0 aliphatic carbocycles. The summed E-state index contributed by atoms with van der Waals surface area (Å²) in [7, 11) is 1.94. The number of hydrogen-bond donors (Lipinski definition) is 1. The van der Waals surface area contributed by atoms with E-state index in [0.29, 0.717) is 12.2 Å². The molecule has 2 unspecified atom stereocenters. The van der Waals surface area contributed by atoms with Crippen LogP contribution in [0.2, 0.25) is 0 Å². The maximum Gasteiger partial charge on any atom is 0.107 e. The molecule has 10 heavy (non-hydrogen) atoms. The Labute approximate surface area is 62.3 Å². The van der Waals surface area contributed by atoms with Crippen LogP contribution in [0.5, 0.6) is 0 Å². The average molecular weight is 141 g/mol. The van der Waals surface area contributed by atoms with Crippen molar-refractivity contribution < 1.29 is 4.74 Å². The van der Waals surface area contributed by atoms with Crippen molar-refractivity contribution in [2.24, 2.45) is 0 Å². The van der Waals surface area contributed by atoms with E-state index in [1.807, 2.05) is 7.05 Å². The van der Waals surface area contributed by atoms with Gasteiger partial charge in [0.2, 0.25) is 0 Å². The second-order valence-electron chi connectivity index (χ2n) is 2.82. The van der Waals surface area contributed by atoms with E-state index >= 15 is 0 Å². The summed E-state index contributed by atoms with van der Waals surface area (Å²) in [6.07, 6.45) is 0.816. The van der Waals surface area contributed by atoms with Gasteiger partial charge in [-0.05, 0) is 26.3 Å². The number of epoxide rings is 1. The first-order chi connectivity index (χ1) is 4.66. The Morgan fingerprint density at radius 1 is 1.40 bits per heavy atom. The molecule has 0 aromatic heterocycles. The van der Waals surface area contributed by atoms with Crippen LogP contribution in [0.1, 0.15) is 20.8 Å². The normalized spacial score (nSPS) is 33.2. The molecule has 0 bridgehead atoms. The summed E-state index contributed by atoms with van der Waals surface area (Å²) in [6, 6.07) is 0. The maximum absolute atomic E-state index is 5.30. The van der Waals surface area contributed by atoms with Gasteiger partial charge in [-0.2, -0.15) is 0 Å². The van der Waals surface area contributed by atoms with Crippen LogP contribution in [0.3, 0.4) is 0 Å². The first-order valence-electron chi connectivity index (χ1n) is 3.67. The monoisotopic (exact) mass is 141 g/mol. The SMILES string of the molecule is CN/C(C)=C(\C)C1OC1C. The third-order valence-electron chi connectivity index (χ3n) is 2.10. The second-order valence-corrected chi connectivity index (χ2v) is 2.82. The molecule has 0 aromatic carbocycles. The molecule has 2 atom stereocenters. The Bertz CT molecular complexity index is 163. The van der Waals surface area contributed by atoms with Crippen molar-refractivity contribution >= 4 is 0 Å². The van der Waals surface area contributed by atoms with Crippen LogP contribution in [0, 0.1) is 0 Å². The molecule has 2 heteroatoms. The number of hydrogen-bond acceptors (Lipinski definition) is 2. The molecule has 58 valence electrons. The predicted molar refractivity (Wildman–Crippen MR) is 41.8 cm³/mol. The zero-order valence-electron chi connectivity index (χ0n) is 7.06. The second kappa shape index (κ2) is 2.62. The topological polar surface area (TPSA) is 24.6 Å². The van der Waals surface area contributed by atoms with Crippen molar-refractivity contribution in [1.82, 2.24) is 5.32 Å². The van der Waals surface area contributed by atoms with Crippen LogP contribution in [0.4, 0.5) is 0 Å². The van der Waals surface area contributed by atoms with E-state index in [9.17, 15) is 0 Å². The van der Waals surface area contributed by atoms with Crippen LogP contribution in [0.15, 0.2) is 11.3 Å². The molecule has 0 spiro atoms. The van der Waals surface area contributed by atoms with Crippen molar-refractivity contribution in [3.63, 3.8) is 0 Å². The summed E-state index contributed by atoms with van der Waals surface area (Å²) in [5.74, 6) is 0. The van der Waals surface area contributed by atoms with Crippen LogP contribution in [-0.2, 0) is 4.74 Å². The van der Waals surface area contributed by atoms with E-state index in [4.69, 9.17) is 4.74 Å². The van der Waals surface area contributed by atoms with Gasteiger partial charge in [-0.1, -0.05) is 0 Å². The van der Waals surface area contributed by atoms with Crippen LogP contribution >= 0.6 is 0 Å². The summed E-state index contributed by atoms with van der Waals surface area (Å²) >= 11 is 0. The summed E-state index contributed by atoms with van der Waals surface area (Å²) in [4.78, 5) is 0. The lowest BCUT2D eigenvalue weighted by Crippen LogP contribution is -2.07. The molecule has 0 amide bonds. The van der Waals surface area contributed by atoms with E-state index in [1.54, 1.807) is 0 Å². The summed E-state index contributed by atoms with van der Waals surface area (Å²) < 4.78 is 5.30. The average Bonchev–Trinajstić information content (AvgIpc) is 2.63. The Kier molecular flexibility index (Phi) is 2.00. The van der Waals surface area contributed by atoms with Crippen molar-refractivity contribution in [2.45, 2.75) is 33.0 Å². The molecule has 1 saturated heterocycles. The fraction of sp³-hybridized carbons (Fsp3) is 0.750. The van der Waals surface area contributed by atoms with Crippen molar-refractivity contribution in [3.05, 3.63) is 11.3 Å². The summed E-state index contributed by atoms with van der Waals surface area (Å²) in [5, 5.41) is 3.11. The third-order valence-corrected chi connectivity index (χ3v) is 2.10. The minimum Gasteiger partial charge on any atom is -0.392 e. The van der Waals surface area contributed by atoms with Crippen molar-refractivity contribution in [3.8, 4) is 0 Å². The van der Waals surface area contributed by atoms with Crippen LogP contribution in [0.25, 0.3) is 0 Å². The van der Waals surface area contributed by atoms with Gasteiger partial charge in [0.25, 0.3) is 0 Å². The zero-order chi connectivity index (χ0) is 7.72. The highest BCUT2D eigenvalue weighted by atomic mass is 16.6. The first kappa shape index (κ1) is 7.61. The molecule has 0 saturated carbocycles. The lowest BCUT2D eigenvalue weighted by Gasteiger charge is -2.02. The van der Waals surface area contributed by atoms with E-state index in [1.165, 1.54) is 11.3 Å². The lowest BCUT2D eigenvalue weighted by molar-refractivity contribution is 0.393. The molecular formula is C8H15NO. The minimum atomic E-state index is 0.382. The Balaban J connectivity index is 2.55. The van der Waals surface area contributed by atoms with Gasteiger partial charge in [0.1, 0.15) is 6.10 Å². The summed E-state index contributed by atoms with van der Waals surface area (Å²) in [5.41, 5.74) is 2.56. The van der Waals surface area contributed by atoms with Gasteiger partial charge in [-0.25, -0.2) is 0 Å². The highest BCUT2D eigenvalue weighted by Crippen LogP contribution is 2.29. The van der Waals surface area contributed by atoms with Gasteiger partial charge in [0.15, 0.2) is 0 Å². The minimum absolute atomic E-state index is 0.382. The van der Waals surface area contributed by atoms with Crippen LogP contribution in [-0.4, -0.2) is 19.3 Å². The molecule has 1 N–H and O–H groups in total. The quantitative estimate of drug-likeness (QED) is 0.586. The van der Waals surface area contributed by atoms with E-state index in [2.05, 4.69) is 26.1 Å². The van der Waals surface area contributed by atoms with E-state index in [0.717, 1.165) is 0 Å². The highest BCUT2D eigenvalue weighted by molar-refractivity contribution is 5.18. The van der Waals surface area contributed by atoms with Gasteiger partial charge in [0.05, 0.1) is 6.10 Å². The Hall–Kier alpha value is -0.500. The first-order valence-corrected chi connectivity index (χ1v) is 3.67. The molecular weight excluding hydrogens is 126 g/mol.